The van der Waals surface area contributed by atoms with Crippen molar-refractivity contribution in [1.29, 1.82) is 0 Å². The summed E-state index contributed by atoms with van der Waals surface area (Å²) in [5, 5.41) is 11.2. The van der Waals surface area contributed by atoms with Gasteiger partial charge in [0.2, 0.25) is 0 Å². The lowest BCUT2D eigenvalue weighted by atomic mass is 10.2. The fourth-order valence-electron chi connectivity index (χ4n) is 2.15. The molecule has 1 fully saturated rings. The van der Waals surface area contributed by atoms with Crippen LogP contribution in [0, 0.1) is 0 Å². The van der Waals surface area contributed by atoms with Crippen LogP contribution in [0.4, 0.5) is 10.5 Å². The van der Waals surface area contributed by atoms with Gasteiger partial charge in [0.15, 0.2) is 0 Å². The first-order valence-corrected chi connectivity index (χ1v) is 5.70. The summed E-state index contributed by atoms with van der Waals surface area (Å²) in [6, 6.07) is 7.85. The monoisotopic (exact) mass is 235 g/mol. The quantitative estimate of drug-likeness (QED) is 0.686. The van der Waals surface area contributed by atoms with Crippen LogP contribution in [0.3, 0.4) is 0 Å². The zero-order valence-electron chi connectivity index (χ0n) is 9.60. The zero-order valence-corrected chi connectivity index (χ0v) is 9.60. The highest BCUT2D eigenvalue weighted by atomic mass is 16.4. The molecule has 4 N–H and O–H groups in total. The van der Waals surface area contributed by atoms with E-state index in [0.717, 1.165) is 31.7 Å². The molecule has 1 unspecified atom stereocenters. The summed E-state index contributed by atoms with van der Waals surface area (Å²) >= 11 is 0. The van der Waals surface area contributed by atoms with Crippen molar-refractivity contribution in [2.45, 2.75) is 19.0 Å². The van der Waals surface area contributed by atoms with Gasteiger partial charge in [-0.15, -0.1) is 0 Å². The number of carbonyl (C=O) groups is 1. The number of hydrogen-bond acceptors (Lipinski definition) is 3. The van der Waals surface area contributed by atoms with Gasteiger partial charge in [-0.05, 0) is 24.1 Å². The molecule has 1 atom stereocenters. The number of benzene rings is 1. The number of anilines is 1. The summed E-state index contributed by atoms with van der Waals surface area (Å²) in [5.41, 5.74) is 7.59. The largest absolute Gasteiger partial charge is 0.465 e. The molecule has 17 heavy (non-hydrogen) atoms. The first-order valence-electron chi connectivity index (χ1n) is 5.70. The van der Waals surface area contributed by atoms with Gasteiger partial charge >= 0.3 is 6.09 Å². The van der Waals surface area contributed by atoms with Gasteiger partial charge < -0.3 is 16.2 Å². The number of nitrogen functional groups attached to an aromatic ring is 1. The molecule has 0 spiro atoms. The number of likely N-dealkylation sites (tertiary alicyclic amines) is 1. The van der Waals surface area contributed by atoms with Crippen LogP contribution in [-0.4, -0.2) is 35.2 Å². The molecule has 1 aliphatic rings. The molecule has 1 heterocycles. The minimum atomic E-state index is -0.940. The van der Waals surface area contributed by atoms with Crippen LogP contribution in [0.1, 0.15) is 12.0 Å². The molecule has 2 rings (SSSR count). The Morgan fingerprint density at radius 3 is 2.82 bits per heavy atom. The zero-order chi connectivity index (χ0) is 12.3. The van der Waals surface area contributed by atoms with Gasteiger partial charge in [-0.2, -0.15) is 0 Å². The van der Waals surface area contributed by atoms with Gasteiger partial charge in [-0.25, -0.2) is 4.79 Å². The molecule has 1 aromatic rings. The van der Waals surface area contributed by atoms with E-state index in [1.165, 1.54) is 5.56 Å². The fourth-order valence-corrected chi connectivity index (χ4v) is 2.15. The number of nitrogens with one attached hydrogen (secondary N) is 1. The predicted octanol–water partition coefficient (Wildman–Crippen LogP) is 1.11. The summed E-state index contributed by atoms with van der Waals surface area (Å²) < 4.78 is 0. The van der Waals surface area contributed by atoms with Crippen LogP contribution >= 0.6 is 0 Å². The van der Waals surface area contributed by atoms with Crippen molar-refractivity contribution in [3.8, 4) is 0 Å². The summed E-state index contributed by atoms with van der Waals surface area (Å²) in [6.45, 7) is 2.55. The van der Waals surface area contributed by atoms with E-state index >= 15 is 0 Å². The Balaban J connectivity index is 1.85. The Labute approximate surface area is 100 Å². The first-order chi connectivity index (χ1) is 8.13. The van der Waals surface area contributed by atoms with Crippen molar-refractivity contribution in [1.82, 2.24) is 10.2 Å². The highest BCUT2D eigenvalue weighted by molar-refractivity contribution is 5.64. The summed E-state index contributed by atoms with van der Waals surface area (Å²) in [5.74, 6) is 0. The third-order valence-corrected chi connectivity index (χ3v) is 2.99. The standard InChI is InChI=1S/C12H17N3O2/c13-10-3-1-9(2-4-10)7-15-6-5-11(8-15)14-12(16)17/h1-4,11,14H,5-8,13H2,(H,16,17). The highest BCUT2D eigenvalue weighted by Crippen LogP contribution is 2.14. The second-order valence-corrected chi connectivity index (χ2v) is 4.41. The van der Waals surface area contributed by atoms with Crippen LogP contribution in [-0.2, 0) is 6.54 Å². The van der Waals surface area contributed by atoms with E-state index in [0.29, 0.717) is 0 Å². The van der Waals surface area contributed by atoms with Crippen molar-refractivity contribution in [2.24, 2.45) is 0 Å². The molecule has 5 heteroatoms. The number of nitrogens with zero attached hydrogens (tertiary/aromatic N) is 1. The van der Waals surface area contributed by atoms with Gasteiger partial charge in [0, 0.05) is 31.4 Å². The van der Waals surface area contributed by atoms with E-state index in [1.54, 1.807) is 0 Å². The van der Waals surface area contributed by atoms with Crippen molar-refractivity contribution >= 4 is 11.8 Å². The minimum absolute atomic E-state index is 0.0567. The Kier molecular flexibility index (Phi) is 3.49. The molecule has 0 aromatic heterocycles. The smallest absolute Gasteiger partial charge is 0.404 e. The Morgan fingerprint density at radius 2 is 2.18 bits per heavy atom. The highest BCUT2D eigenvalue weighted by Gasteiger charge is 2.23. The average molecular weight is 235 g/mol. The molecular weight excluding hydrogens is 218 g/mol. The van der Waals surface area contributed by atoms with Crippen LogP contribution < -0.4 is 11.1 Å². The normalized spacial score (nSPS) is 20.4. The second kappa shape index (κ2) is 5.05. The molecule has 1 amide bonds. The lowest BCUT2D eigenvalue weighted by molar-refractivity contribution is 0.189. The Morgan fingerprint density at radius 1 is 1.47 bits per heavy atom. The molecule has 0 radical (unpaired) electrons. The van der Waals surface area contributed by atoms with Crippen LogP contribution in [0.5, 0.6) is 0 Å². The van der Waals surface area contributed by atoms with E-state index in [-0.39, 0.29) is 6.04 Å². The van der Waals surface area contributed by atoms with Crippen molar-refractivity contribution in [2.75, 3.05) is 18.8 Å². The fraction of sp³-hybridized carbons (Fsp3) is 0.417. The van der Waals surface area contributed by atoms with Gasteiger partial charge in [-0.3, -0.25) is 4.90 Å². The van der Waals surface area contributed by atoms with E-state index in [4.69, 9.17) is 10.8 Å². The van der Waals surface area contributed by atoms with Crippen LogP contribution in [0.2, 0.25) is 0 Å². The third kappa shape index (κ3) is 3.35. The maximum absolute atomic E-state index is 10.5. The molecule has 1 aromatic carbocycles. The maximum atomic E-state index is 10.5. The number of amides is 1. The lowest BCUT2D eigenvalue weighted by Gasteiger charge is -2.16. The molecular formula is C12H17N3O2. The average Bonchev–Trinajstić information content (AvgIpc) is 2.68. The van der Waals surface area contributed by atoms with E-state index in [2.05, 4.69) is 10.2 Å². The van der Waals surface area contributed by atoms with Gasteiger partial charge in [-0.1, -0.05) is 12.1 Å². The van der Waals surface area contributed by atoms with Crippen molar-refractivity contribution in [3.05, 3.63) is 29.8 Å². The summed E-state index contributed by atoms with van der Waals surface area (Å²) in [4.78, 5) is 12.8. The van der Waals surface area contributed by atoms with Gasteiger partial charge in [0.25, 0.3) is 0 Å². The third-order valence-electron chi connectivity index (χ3n) is 2.99. The summed E-state index contributed by atoms with van der Waals surface area (Å²) in [7, 11) is 0. The molecule has 92 valence electrons. The number of rotatable bonds is 3. The molecule has 0 aliphatic carbocycles. The first kappa shape index (κ1) is 11.7. The van der Waals surface area contributed by atoms with Crippen LogP contribution in [0.25, 0.3) is 0 Å². The Bertz CT molecular complexity index is 391. The predicted molar refractivity (Wildman–Crippen MR) is 65.7 cm³/mol. The van der Waals surface area contributed by atoms with Crippen molar-refractivity contribution in [3.63, 3.8) is 0 Å². The molecule has 0 saturated carbocycles. The lowest BCUT2D eigenvalue weighted by Crippen LogP contribution is -2.35. The molecule has 5 nitrogen and oxygen atoms in total. The molecule has 1 saturated heterocycles. The topological polar surface area (TPSA) is 78.6 Å². The summed E-state index contributed by atoms with van der Waals surface area (Å²) in [6.07, 6.45) is -0.0642. The minimum Gasteiger partial charge on any atom is -0.465 e. The van der Waals surface area contributed by atoms with Crippen LogP contribution in [0.15, 0.2) is 24.3 Å². The van der Waals surface area contributed by atoms with E-state index < -0.39 is 6.09 Å². The van der Waals surface area contributed by atoms with Gasteiger partial charge in [0.05, 0.1) is 0 Å². The molecule has 1 aliphatic heterocycles. The van der Waals surface area contributed by atoms with Gasteiger partial charge in [0.1, 0.15) is 0 Å². The van der Waals surface area contributed by atoms with Crippen molar-refractivity contribution < 1.29 is 9.90 Å². The maximum Gasteiger partial charge on any atom is 0.404 e. The SMILES string of the molecule is Nc1ccc(CN2CCC(NC(=O)O)C2)cc1. The second-order valence-electron chi connectivity index (χ2n) is 4.41. The van der Waals surface area contributed by atoms with E-state index in [1.807, 2.05) is 24.3 Å². The Hall–Kier alpha value is -1.75. The number of nitrogens with two attached hydrogens (primary N) is 1. The van der Waals surface area contributed by atoms with E-state index in [9.17, 15) is 4.79 Å². The number of carboxylic acid groups (broad SMARTS) is 1. The number of hydrogen-bond donors (Lipinski definition) is 3. The molecule has 0 bridgehead atoms.